The molecule has 19 heavy (non-hydrogen) atoms. The topological polar surface area (TPSA) is 43.1 Å². The van der Waals surface area contributed by atoms with Crippen molar-refractivity contribution >= 4 is 11.0 Å². The van der Waals surface area contributed by atoms with E-state index >= 15 is 0 Å². The Balaban J connectivity index is 3.15. The van der Waals surface area contributed by atoms with Crippen molar-refractivity contribution in [1.82, 2.24) is 0 Å². The lowest BCUT2D eigenvalue weighted by Crippen LogP contribution is -2.35. The molecule has 0 aliphatic rings. The third-order valence-electron chi connectivity index (χ3n) is 2.92. The number of alkyl halides is 2. The second-order valence-electron chi connectivity index (χ2n) is 4.87. The highest BCUT2D eigenvalue weighted by atomic mass is 32.2. The molecule has 2 nitrogen and oxygen atoms in total. The first-order chi connectivity index (χ1) is 8.65. The molecule has 0 bridgehead atoms. The molecular formula is C12H15F4NOS. The molecule has 1 unspecified atom stereocenters. The average Bonchev–Trinajstić information content (AvgIpc) is 2.29. The molecule has 1 rings (SSSR count). The van der Waals surface area contributed by atoms with Gasteiger partial charge in [-0.05, 0) is 44.0 Å². The fourth-order valence-electron chi connectivity index (χ4n) is 1.75. The van der Waals surface area contributed by atoms with Crippen LogP contribution in [0.1, 0.15) is 31.7 Å². The van der Waals surface area contributed by atoms with Gasteiger partial charge in [-0.25, -0.2) is 21.8 Å². The van der Waals surface area contributed by atoms with Crippen molar-refractivity contribution in [2.24, 2.45) is 5.14 Å². The summed E-state index contributed by atoms with van der Waals surface area (Å²) in [5, 5.41) is 5.22. The molecule has 0 fully saturated rings. The average molecular weight is 297 g/mol. The molecule has 0 heterocycles. The Morgan fingerprint density at radius 3 is 2.37 bits per heavy atom. The number of hydrogen-bond acceptors (Lipinski definition) is 1. The Hall–Kier alpha value is -0.950. The molecule has 2 atom stereocenters. The van der Waals surface area contributed by atoms with E-state index in [9.17, 15) is 21.8 Å². The van der Waals surface area contributed by atoms with Crippen LogP contribution in [0, 0.1) is 11.6 Å². The molecule has 1 aromatic carbocycles. The maximum atomic E-state index is 13.5. The molecule has 2 N–H and O–H groups in total. The quantitative estimate of drug-likeness (QED) is 0.834. The molecule has 0 spiro atoms. The summed E-state index contributed by atoms with van der Waals surface area (Å²) in [6, 6.07) is 2.39. The minimum Gasteiger partial charge on any atom is -0.251 e. The van der Waals surface area contributed by atoms with Gasteiger partial charge in [0.05, 0.1) is 15.7 Å². The van der Waals surface area contributed by atoms with Gasteiger partial charge < -0.3 is 0 Å². The summed E-state index contributed by atoms with van der Waals surface area (Å²) in [5.41, 5.74) is -0.423. The molecule has 0 amide bonds. The lowest BCUT2D eigenvalue weighted by molar-refractivity contribution is 0.104. The predicted molar refractivity (Wildman–Crippen MR) is 66.1 cm³/mol. The molecular weight excluding hydrogens is 282 g/mol. The molecule has 1 aromatic rings. The summed E-state index contributed by atoms with van der Waals surface area (Å²) in [4.78, 5) is 0. The van der Waals surface area contributed by atoms with Crippen molar-refractivity contribution in [3.63, 3.8) is 0 Å². The van der Waals surface area contributed by atoms with Gasteiger partial charge in [0.15, 0.2) is 0 Å². The van der Waals surface area contributed by atoms with Crippen LogP contribution in [-0.4, -0.2) is 15.4 Å². The highest BCUT2D eigenvalue weighted by Gasteiger charge is 2.35. The van der Waals surface area contributed by atoms with Crippen LogP contribution in [0.5, 0.6) is 0 Å². The van der Waals surface area contributed by atoms with E-state index in [4.69, 9.17) is 5.14 Å². The van der Waals surface area contributed by atoms with E-state index in [2.05, 4.69) is 0 Å². The Kier molecular flexibility index (Phi) is 5.09. The summed E-state index contributed by atoms with van der Waals surface area (Å²) < 4.78 is 62.9. The van der Waals surface area contributed by atoms with E-state index in [1.54, 1.807) is 0 Å². The molecule has 0 aromatic heterocycles. The van der Waals surface area contributed by atoms with E-state index in [0.29, 0.717) is 0 Å². The second kappa shape index (κ2) is 6.00. The molecule has 0 aliphatic heterocycles. The highest BCUT2D eigenvalue weighted by Crippen LogP contribution is 2.35. The first-order valence-corrected chi connectivity index (χ1v) is 6.76. The van der Waals surface area contributed by atoms with Gasteiger partial charge >= 0.3 is 0 Å². The first-order valence-electron chi connectivity index (χ1n) is 5.54. The maximum Gasteiger partial charge on any atom is 0.245 e. The van der Waals surface area contributed by atoms with Gasteiger partial charge in [0, 0.05) is 5.92 Å². The minimum atomic E-state index is -2.90. The van der Waals surface area contributed by atoms with Crippen LogP contribution in [0.4, 0.5) is 17.6 Å². The van der Waals surface area contributed by atoms with E-state index < -0.39 is 45.3 Å². The maximum absolute atomic E-state index is 13.5. The van der Waals surface area contributed by atoms with Gasteiger partial charge in [0.1, 0.15) is 11.6 Å². The normalized spacial score (nSPS) is 15.6. The zero-order valence-corrected chi connectivity index (χ0v) is 11.3. The summed E-state index contributed by atoms with van der Waals surface area (Å²) in [7, 11) is -1.85. The molecule has 0 saturated carbocycles. The van der Waals surface area contributed by atoms with Gasteiger partial charge in [-0.2, -0.15) is 0 Å². The summed E-state index contributed by atoms with van der Waals surface area (Å²) in [6.07, 6.45) is -3.21. The summed E-state index contributed by atoms with van der Waals surface area (Å²) in [6.45, 7) is 2.88. The van der Waals surface area contributed by atoms with Gasteiger partial charge in [0.2, 0.25) is 6.43 Å². The Morgan fingerprint density at radius 2 is 1.89 bits per heavy atom. The molecule has 0 radical (unpaired) electrons. The predicted octanol–water partition coefficient (Wildman–Crippen LogP) is 3.10. The Morgan fingerprint density at radius 1 is 1.32 bits per heavy atom. The Labute approximate surface area is 111 Å². The van der Waals surface area contributed by atoms with E-state index in [1.165, 1.54) is 13.8 Å². The largest absolute Gasteiger partial charge is 0.251 e. The fourth-order valence-corrected chi connectivity index (χ4v) is 2.09. The van der Waals surface area contributed by atoms with Crippen LogP contribution in [-0.2, 0) is 11.0 Å². The van der Waals surface area contributed by atoms with Crippen LogP contribution in [0.3, 0.4) is 0 Å². The zero-order valence-electron chi connectivity index (χ0n) is 10.5. The van der Waals surface area contributed by atoms with Crippen molar-refractivity contribution in [3.05, 3.63) is 35.4 Å². The third kappa shape index (κ3) is 4.01. The number of halogens is 4. The fraction of sp³-hybridized carbons (Fsp3) is 0.500. The van der Waals surface area contributed by atoms with Crippen molar-refractivity contribution < 1.29 is 21.8 Å². The van der Waals surface area contributed by atoms with Gasteiger partial charge in [-0.3, -0.25) is 5.14 Å². The van der Waals surface area contributed by atoms with Crippen molar-refractivity contribution in [3.8, 4) is 0 Å². The smallest absolute Gasteiger partial charge is 0.245 e. The van der Waals surface area contributed by atoms with Gasteiger partial charge in [-0.15, -0.1) is 0 Å². The van der Waals surface area contributed by atoms with Crippen LogP contribution in [0.2, 0.25) is 0 Å². The molecule has 0 saturated heterocycles. The van der Waals surface area contributed by atoms with Gasteiger partial charge in [0.25, 0.3) is 0 Å². The molecule has 108 valence electrons. The Bertz CT molecular complexity index is 479. The highest BCUT2D eigenvalue weighted by molar-refractivity contribution is 7.84. The van der Waals surface area contributed by atoms with E-state index in [-0.39, 0.29) is 6.42 Å². The monoisotopic (exact) mass is 297 g/mol. The van der Waals surface area contributed by atoms with Crippen molar-refractivity contribution in [2.75, 3.05) is 0 Å². The summed E-state index contributed by atoms with van der Waals surface area (Å²) in [5.74, 6) is -3.27. The summed E-state index contributed by atoms with van der Waals surface area (Å²) >= 11 is 0. The van der Waals surface area contributed by atoms with E-state index in [0.717, 1.165) is 18.2 Å². The second-order valence-corrected chi connectivity index (χ2v) is 6.57. The first kappa shape index (κ1) is 16.1. The standard InChI is InChI=1S/C12H15F4NOS/c1-12(2,19(17)18)6-9(11(15)16)8-5-7(13)3-4-10(8)14/h3-5,9,11H,6,17H2,1-2H3/t9-,19?/m1/s1. The van der Waals surface area contributed by atoms with Crippen molar-refractivity contribution in [2.45, 2.75) is 37.4 Å². The number of hydrogen-bond donors (Lipinski definition) is 1. The zero-order chi connectivity index (χ0) is 14.8. The number of nitrogens with two attached hydrogens (primary N) is 1. The third-order valence-corrected chi connectivity index (χ3v) is 4.17. The SMILES string of the molecule is CC(C)(C[C@H](c1cc(F)ccc1F)C(F)F)S(N)=O. The van der Waals surface area contributed by atoms with Crippen molar-refractivity contribution in [1.29, 1.82) is 0 Å². The van der Waals surface area contributed by atoms with Crippen LogP contribution >= 0.6 is 0 Å². The molecule has 7 heteroatoms. The number of benzene rings is 1. The van der Waals surface area contributed by atoms with Gasteiger partial charge in [-0.1, -0.05) is 0 Å². The van der Waals surface area contributed by atoms with Crippen LogP contribution in [0.15, 0.2) is 18.2 Å². The van der Waals surface area contributed by atoms with Crippen LogP contribution in [0.25, 0.3) is 0 Å². The number of rotatable bonds is 5. The minimum absolute atomic E-state index is 0.311. The van der Waals surface area contributed by atoms with E-state index in [1.807, 2.05) is 0 Å². The van der Waals surface area contributed by atoms with Crippen LogP contribution < -0.4 is 5.14 Å². The molecule has 0 aliphatic carbocycles. The lowest BCUT2D eigenvalue weighted by atomic mass is 9.89. The lowest BCUT2D eigenvalue weighted by Gasteiger charge is -2.27.